The zero-order chi connectivity index (χ0) is 12.1. The van der Waals surface area contributed by atoms with Gasteiger partial charge in [0, 0.05) is 25.7 Å². The van der Waals surface area contributed by atoms with Crippen LogP contribution in [0.5, 0.6) is 0 Å². The Labute approximate surface area is 95.5 Å². The van der Waals surface area contributed by atoms with Crippen molar-refractivity contribution in [2.45, 2.75) is 0 Å². The zero-order valence-corrected chi connectivity index (χ0v) is 9.90. The zero-order valence-electron chi connectivity index (χ0n) is 9.90. The number of hydrogen-bond donors (Lipinski definition) is 0. The number of hydrogen-bond acceptors (Lipinski definition) is 2. The lowest BCUT2D eigenvalue weighted by molar-refractivity contribution is 0.0786. The lowest BCUT2D eigenvalue weighted by Crippen LogP contribution is -2.33. The molecule has 1 amide bonds. The molecule has 0 saturated heterocycles. The summed E-state index contributed by atoms with van der Waals surface area (Å²) in [7, 11) is 5.65. The van der Waals surface area contributed by atoms with Gasteiger partial charge in [0.05, 0.1) is 0 Å². The maximum absolute atomic E-state index is 12.7. The highest BCUT2D eigenvalue weighted by molar-refractivity contribution is 5.93. The van der Waals surface area contributed by atoms with Crippen LogP contribution in [0.1, 0.15) is 10.4 Å². The first-order valence-corrected chi connectivity index (χ1v) is 5.16. The van der Waals surface area contributed by atoms with E-state index in [4.69, 9.17) is 0 Å². The molecule has 0 saturated carbocycles. The molecule has 0 atom stereocenters. The fourth-order valence-electron chi connectivity index (χ4n) is 1.26. The van der Waals surface area contributed by atoms with E-state index in [1.54, 1.807) is 11.9 Å². The molecule has 16 heavy (non-hydrogen) atoms. The molecule has 0 aliphatic carbocycles. The van der Waals surface area contributed by atoms with Crippen LogP contribution in [0.2, 0.25) is 0 Å². The third-order valence-corrected chi connectivity index (χ3v) is 2.32. The first-order valence-electron chi connectivity index (χ1n) is 5.16. The Hall–Kier alpha value is -1.42. The van der Waals surface area contributed by atoms with Crippen LogP contribution in [0.15, 0.2) is 24.3 Å². The van der Waals surface area contributed by atoms with Gasteiger partial charge in [-0.2, -0.15) is 0 Å². The molecule has 0 bridgehead atoms. The summed E-state index contributed by atoms with van der Waals surface area (Å²) < 4.78 is 12.7. The molecule has 0 aromatic heterocycles. The predicted molar refractivity (Wildman–Crippen MR) is 61.9 cm³/mol. The maximum atomic E-state index is 12.7. The number of likely N-dealkylation sites (N-methyl/N-ethyl adjacent to an activating group) is 2. The van der Waals surface area contributed by atoms with E-state index in [0.29, 0.717) is 12.1 Å². The standard InChI is InChI=1S/C12H17FN2O/c1-14(2)8-9-15(3)12(16)10-4-6-11(13)7-5-10/h4-7H,8-9H2,1-3H3. The van der Waals surface area contributed by atoms with Gasteiger partial charge in [-0.3, -0.25) is 4.79 Å². The van der Waals surface area contributed by atoms with E-state index in [9.17, 15) is 9.18 Å². The van der Waals surface area contributed by atoms with Crippen molar-refractivity contribution in [2.24, 2.45) is 0 Å². The van der Waals surface area contributed by atoms with Crippen molar-refractivity contribution in [3.63, 3.8) is 0 Å². The van der Waals surface area contributed by atoms with Gasteiger partial charge in [-0.15, -0.1) is 0 Å². The summed E-state index contributed by atoms with van der Waals surface area (Å²) in [6.45, 7) is 1.46. The van der Waals surface area contributed by atoms with Gasteiger partial charge in [0.25, 0.3) is 5.91 Å². The molecule has 0 fully saturated rings. The van der Waals surface area contributed by atoms with Crippen LogP contribution >= 0.6 is 0 Å². The van der Waals surface area contributed by atoms with Gasteiger partial charge < -0.3 is 9.80 Å². The fraction of sp³-hybridized carbons (Fsp3) is 0.417. The topological polar surface area (TPSA) is 23.6 Å². The number of amides is 1. The Morgan fingerprint density at radius 3 is 2.19 bits per heavy atom. The van der Waals surface area contributed by atoms with Crippen molar-refractivity contribution in [3.05, 3.63) is 35.6 Å². The average Bonchev–Trinajstić information content (AvgIpc) is 2.26. The summed E-state index contributed by atoms with van der Waals surface area (Å²) in [4.78, 5) is 15.5. The Kier molecular flexibility index (Phi) is 4.43. The van der Waals surface area contributed by atoms with E-state index in [2.05, 4.69) is 0 Å². The normalized spacial score (nSPS) is 10.6. The van der Waals surface area contributed by atoms with E-state index in [0.717, 1.165) is 6.54 Å². The van der Waals surface area contributed by atoms with Crippen LogP contribution in [0.3, 0.4) is 0 Å². The summed E-state index contributed by atoms with van der Waals surface area (Å²) in [6.07, 6.45) is 0. The molecule has 0 radical (unpaired) electrons. The largest absolute Gasteiger partial charge is 0.340 e. The molecular weight excluding hydrogens is 207 g/mol. The monoisotopic (exact) mass is 224 g/mol. The number of benzene rings is 1. The van der Waals surface area contributed by atoms with Gasteiger partial charge in [0.1, 0.15) is 5.82 Å². The molecule has 0 unspecified atom stereocenters. The van der Waals surface area contributed by atoms with Gasteiger partial charge in [-0.05, 0) is 38.4 Å². The second-order valence-corrected chi connectivity index (χ2v) is 4.04. The lowest BCUT2D eigenvalue weighted by atomic mass is 10.2. The van der Waals surface area contributed by atoms with E-state index in [1.807, 2.05) is 19.0 Å². The molecule has 3 nitrogen and oxygen atoms in total. The van der Waals surface area contributed by atoms with E-state index in [1.165, 1.54) is 24.3 Å². The van der Waals surface area contributed by atoms with Crippen molar-refractivity contribution in [1.29, 1.82) is 0 Å². The van der Waals surface area contributed by atoms with Gasteiger partial charge in [0.2, 0.25) is 0 Å². The van der Waals surface area contributed by atoms with Crippen LogP contribution in [-0.4, -0.2) is 49.9 Å². The maximum Gasteiger partial charge on any atom is 0.253 e. The van der Waals surface area contributed by atoms with Gasteiger partial charge in [-0.25, -0.2) is 4.39 Å². The number of rotatable bonds is 4. The highest BCUT2D eigenvalue weighted by Crippen LogP contribution is 2.05. The number of carbonyl (C=O) groups is 1. The van der Waals surface area contributed by atoms with E-state index >= 15 is 0 Å². The number of halogens is 1. The van der Waals surface area contributed by atoms with Gasteiger partial charge >= 0.3 is 0 Å². The third-order valence-electron chi connectivity index (χ3n) is 2.32. The fourth-order valence-corrected chi connectivity index (χ4v) is 1.26. The first kappa shape index (κ1) is 12.6. The third kappa shape index (κ3) is 3.62. The SMILES string of the molecule is CN(C)CCN(C)C(=O)c1ccc(F)cc1. The van der Waals surface area contributed by atoms with Crippen LogP contribution in [0.4, 0.5) is 4.39 Å². The number of nitrogens with zero attached hydrogens (tertiary/aromatic N) is 2. The highest BCUT2D eigenvalue weighted by atomic mass is 19.1. The van der Waals surface area contributed by atoms with Crippen LogP contribution in [0.25, 0.3) is 0 Å². The summed E-state index contributed by atoms with van der Waals surface area (Å²) in [5.41, 5.74) is 0.516. The van der Waals surface area contributed by atoms with Crippen molar-refractivity contribution in [3.8, 4) is 0 Å². The summed E-state index contributed by atoms with van der Waals surface area (Å²) in [5, 5.41) is 0. The van der Waals surface area contributed by atoms with Gasteiger partial charge in [-0.1, -0.05) is 0 Å². The Bertz CT molecular complexity index is 349. The first-order chi connectivity index (χ1) is 7.50. The summed E-state index contributed by atoms with van der Waals surface area (Å²) >= 11 is 0. The second kappa shape index (κ2) is 5.61. The average molecular weight is 224 g/mol. The molecule has 1 rings (SSSR count). The molecule has 88 valence electrons. The molecule has 0 heterocycles. The van der Waals surface area contributed by atoms with Gasteiger partial charge in [0.15, 0.2) is 0 Å². The smallest absolute Gasteiger partial charge is 0.253 e. The quantitative estimate of drug-likeness (QED) is 0.773. The minimum absolute atomic E-state index is 0.0816. The van der Waals surface area contributed by atoms with Crippen molar-refractivity contribution in [1.82, 2.24) is 9.80 Å². The summed E-state index contributed by atoms with van der Waals surface area (Å²) in [6, 6.07) is 5.60. The van der Waals surface area contributed by atoms with E-state index in [-0.39, 0.29) is 11.7 Å². The molecular formula is C12H17FN2O. The van der Waals surface area contributed by atoms with Crippen molar-refractivity contribution in [2.75, 3.05) is 34.2 Å². The molecule has 1 aromatic rings. The second-order valence-electron chi connectivity index (χ2n) is 4.04. The molecule has 0 N–H and O–H groups in total. The van der Waals surface area contributed by atoms with Crippen LogP contribution in [0, 0.1) is 5.82 Å². The molecule has 0 aliphatic rings. The predicted octanol–water partition coefficient (Wildman–Crippen LogP) is 1.46. The number of carbonyl (C=O) groups excluding carboxylic acids is 1. The summed E-state index contributed by atoms with van der Waals surface area (Å²) in [5.74, 6) is -0.408. The highest BCUT2D eigenvalue weighted by Gasteiger charge is 2.11. The Balaban J connectivity index is 2.60. The Morgan fingerprint density at radius 1 is 1.12 bits per heavy atom. The lowest BCUT2D eigenvalue weighted by Gasteiger charge is -2.19. The van der Waals surface area contributed by atoms with E-state index < -0.39 is 0 Å². The van der Waals surface area contributed by atoms with Crippen molar-refractivity contribution < 1.29 is 9.18 Å². The molecule has 0 spiro atoms. The molecule has 0 aliphatic heterocycles. The minimum atomic E-state index is -0.326. The molecule has 1 aromatic carbocycles. The van der Waals surface area contributed by atoms with Crippen molar-refractivity contribution >= 4 is 5.91 Å². The van der Waals surface area contributed by atoms with Crippen LogP contribution < -0.4 is 0 Å². The Morgan fingerprint density at radius 2 is 1.69 bits per heavy atom. The molecule has 4 heteroatoms. The van der Waals surface area contributed by atoms with Crippen LogP contribution in [-0.2, 0) is 0 Å². The minimum Gasteiger partial charge on any atom is -0.340 e.